The maximum Gasteiger partial charge on any atom is 0.243 e. The van der Waals surface area contributed by atoms with Crippen LogP contribution in [0.4, 0.5) is 0 Å². The van der Waals surface area contributed by atoms with Crippen LogP contribution in [0, 0.1) is 0 Å². The molecule has 0 N–H and O–H groups in total. The minimum atomic E-state index is -3.47. The summed E-state index contributed by atoms with van der Waals surface area (Å²) in [6.07, 6.45) is 0. The molecular weight excluding hydrogens is 302 g/mol. The van der Waals surface area contributed by atoms with Crippen molar-refractivity contribution >= 4 is 32.1 Å². The summed E-state index contributed by atoms with van der Waals surface area (Å²) in [5, 5.41) is 3.92. The van der Waals surface area contributed by atoms with Crippen LogP contribution in [0.1, 0.15) is 4.88 Å². The molecule has 0 saturated carbocycles. The van der Waals surface area contributed by atoms with Gasteiger partial charge in [-0.15, -0.1) is 11.3 Å². The predicted molar refractivity (Wildman–Crippen MR) is 86.9 cm³/mol. The molecule has 3 rings (SSSR count). The van der Waals surface area contributed by atoms with Crippen molar-refractivity contribution in [3.63, 3.8) is 0 Å². The summed E-state index contributed by atoms with van der Waals surface area (Å²) < 4.78 is 26.7. The molecule has 108 valence electrons. The minimum absolute atomic E-state index is 0.334. The smallest absolute Gasteiger partial charge is 0.207 e. The Morgan fingerprint density at radius 2 is 1.76 bits per heavy atom. The van der Waals surface area contributed by atoms with Gasteiger partial charge in [0, 0.05) is 18.5 Å². The minimum Gasteiger partial charge on any atom is -0.207 e. The lowest BCUT2D eigenvalue weighted by Gasteiger charge is -2.16. The Kier molecular flexibility index (Phi) is 3.80. The second-order valence-electron chi connectivity index (χ2n) is 4.85. The highest BCUT2D eigenvalue weighted by Gasteiger charge is 2.21. The van der Waals surface area contributed by atoms with E-state index in [2.05, 4.69) is 0 Å². The van der Waals surface area contributed by atoms with Gasteiger partial charge >= 0.3 is 0 Å². The number of hydrogen-bond acceptors (Lipinski definition) is 3. The molecule has 0 unspecified atom stereocenters. The fourth-order valence-electron chi connectivity index (χ4n) is 2.21. The van der Waals surface area contributed by atoms with Crippen molar-refractivity contribution in [3.8, 4) is 0 Å². The molecule has 3 nitrogen and oxygen atoms in total. The Labute approximate surface area is 128 Å². The zero-order valence-corrected chi connectivity index (χ0v) is 13.2. The van der Waals surface area contributed by atoms with Crippen LogP contribution >= 0.6 is 11.3 Å². The molecule has 0 aliphatic heterocycles. The standard InChI is InChI=1S/C16H15NO2S2/c1-17(12-15-7-4-10-20-15)21(18,19)16-9-8-13-5-2-3-6-14(13)11-16/h2-11H,12H2,1H3. The van der Waals surface area contributed by atoms with Crippen LogP contribution < -0.4 is 0 Å². The molecule has 0 radical (unpaired) electrons. The van der Waals surface area contributed by atoms with Gasteiger partial charge in [0.05, 0.1) is 4.90 Å². The number of thiophene rings is 1. The third-order valence-corrected chi connectivity index (χ3v) is 6.05. The predicted octanol–water partition coefficient (Wildman–Crippen LogP) is 3.72. The zero-order chi connectivity index (χ0) is 14.9. The molecule has 0 saturated heterocycles. The van der Waals surface area contributed by atoms with E-state index in [-0.39, 0.29) is 0 Å². The van der Waals surface area contributed by atoms with E-state index in [0.717, 1.165) is 15.6 Å². The summed E-state index contributed by atoms with van der Waals surface area (Å²) in [6, 6.07) is 16.9. The number of benzene rings is 2. The summed E-state index contributed by atoms with van der Waals surface area (Å²) in [6.45, 7) is 0.396. The van der Waals surface area contributed by atoms with E-state index >= 15 is 0 Å². The molecule has 3 aromatic rings. The van der Waals surface area contributed by atoms with Gasteiger partial charge in [0.25, 0.3) is 0 Å². The van der Waals surface area contributed by atoms with Crippen LogP contribution in [0.3, 0.4) is 0 Å². The molecule has 21 heavy (non-hydrogen) atoms. The van der Waals surface area contributed by atoms with Gasteiger partial charge < -0.3 is 0 Å². The first-order valence-corrected chi connectivity index (χ1v) is 8.87. The first-order chi connectivity index (χ1) is 10.1. The summed E-state index contributed by atoms with van der Waals surface area (Å²) in [4.78, 5) is 1.36. The SMILES string of the molecule is CN(Cc1cccs1)S(=O)(=O)c1ccc2ccccc2c1. The molecule has 0 bridgehead atoms. The van der Waals surface area contributed by atoms with E-state index in [1.165, 1.54) is 4.31 Å². The molecule has 0 fully saturated rings. The number of sulfonamides is 1. The normalized spacial score (nSPS) is 12.1. The Balaban J connectivity index is 1.95. The molecule has 0 amide bonds. The van der Waals surface area contributed by atoms with Crippen molar-refractivity contribution in [2.45, 2.75) is 11.4 Å². The maximum absolute atomic E-state index is 12.6. The number of nitrogens with zero attached hydrogens (tertiary/aromatic N) is 1. The van der Waals surface area contributed by atoms with Gasteiger partial charge in [0.15, 0.2) is 0 Å². The average molecular weight is 317 g/mol. The monoisotopic (exact) mass is 317 g/mol. The van der Waals surface area contributed by atoms with Gasteiger partial charge in [-0.2, -0.15) is 4.31 Å². The largest absolute Gasteiger partial charge is 0.243 e. The first kappa shape index (κ1) is 14.3. The highest BCUT2D eigenvalue weighted by Crippen LogP contribution is 2.23. The third-order valence-electron chi connectivity index (χ3n) is 3.39. The number of rotatable bonds is 4. The first-order valence-electron chi connectivity index (χ1n) is 6.55. The number of fused-ring (bicyclic) bond motifs is 1. The van der Waals surface area contributed by atoms with Gasteiger partial charge in [0.1, 0.15) is 0 Å². The second kappa shape index (κ2) is 5.60. The quantitative estimate of drug-likeness (QED) is 0.735. The summed E-state index contributed by atoms with van der Waals surface area (Å²) in [5.74, 6) is 0. The Hall–Kier alpha value is -1.69. The zero-order valence-electron chi connectivity index (χ0n) is 11.6. The molecule has 1 aromatic heterocycles. The molecule has 2 aromatic carbocycles. The van der Waals surface area contributed by atoms with Gasteiger partial charge in [-0.25, -0.2) is 8.42 Å². The van der Waals surface area contributed by atoms with Crippen LogP contribution in [0.15, 0.2) is 64.9 Å². The van der Waals surface area contributed by atoms with Gasteiger partial charge in [0.2, 0.25) is 10.0 Å². The highest BCUT2D eigenvalue weighted by molar-refractivity contribution is 7.89. The van der Waals surface area contributed by atoms with Crippen molar-refractivity contribution in [2.24, 2.45) is 0 Å². The van der Waals surface area contributed by atoms with Crippen molar-refractivity contribution in [1.29, 1.82) is 0 Å². The van der Waals surface area contributed by atoms with Crippen LogP contribution in [0.5, 0.6) is 0 Å². The van der Waals surface area contributed by atoms with E-state index in [0.29, 0.717) is 11.4 Å². The molecular formula is C16H15NO2S2. The summed E-state index contributed by atoms with van der Waals surface area (Å²) >= 11 is 1.56. The molecule has 0 spiro atoms. The Morgan fingerprint density at radius 3 is 2.48 bits per heavy atom. The van der Waals surface area contributed by atoms with Crippen LogP contribution in [-0.4, -0.2) is 19.8 Å². The van der Waals surface area contributed by atoms with Gasteiger partial charge in [-0.3, -0.25) is 0 Å². The van der Waals surface area contributed by atoms with Crippen LogP contribution in [-0.2, 0) is 16.6 Å². The lowest BCUT2D eigenvalue weighted by Crippen LogP contribution is -2.26. The fraction of sp³-hybridized carbons (Fsp3) is 0.125. The Morgan fingerprint density at radius 1 is 1.00 bits per heavy atom. The molecule has 5 heteroatoms. The van der Waals surface area contributed by atoms with Crippen LogP contribution in [0.25, 0.3) is 10.8 Å². The van der Waals surface area contributed by atoms with E-state index in [1.54, 1.807) is 30.5 Å². The van der Waals surface area contributed by atoms with Crippen LogP contribution in [0.2, 0.25) is 0 Å². The van der Waals surface area contributed by atoms with E-state index in [1.807, 2.05) is 47.8 Å². The van der Waals surface area contributed by atoms with E-state index < -0.39 is 10.0 Å². The lowest BCUT2D eigenvalue weighted by atomic mass is 10.1. The molecule has 1 heterocycles. The fourth-order valence-corrected chi connectivity index (χ4v) is 4.24. The van der Waals surface area contributed by atoms with Crippen molar-refractivity contribution in [1.82, 2.24) is 4.31 Å². The van der Waals surface area contributed by atoms with E-state index in [9.17, 15) is 8.42 Å². The average Bonchev–Trinajstić information content (AvgIpc) is 2.99. The molecule has 0 aliphatic carbocycles. The summed E-state index contributed by atoms with van der Waals surface area (Å²) in [7, 11) is -1.85. The second-order valence-corrected chi connectivity index (χ2v) is 7.93. The molecule has 0 aliphatic rings. The Bertz CT molecular complexity index is 855. The molecule has 0 atom stereocenters. The van der Waals surface area contributed by atoms with Crippen molar-refractivity contribution in [3.05, 3.63) is 64.9 Å². The van der Waals surface area contributed by atoms with Gasteiger partial charge in [-0.1, -0.05) is 36.4 Å². The topological polar surface area (TPSA) is 37.4 Å². The van der Waals surface area contributed by atoms with E-state index in [4.69, 9.17) is 0 Å². The highest BCUT2D eigenvalue weighted by atomic mass is 32.2. The van der Waals surface area contributed by atoms with Crippen molar-refractivity contribution in [2.75, 3.05) is 7.05 Å². The summed E-state index contributed by atoms with van der Waals surface area (Å²) in [5.41, 5.74) is 0. The maximum atomic E-state index is 12.6. The van der Waals surface area contributed by atoms with Gasteiger partial charge in [-0.05, 0) is 34.4 Å². The van der Waals surface area contributed by atoms with Crippen molar-refractivity contribution < 1.29 is 8.42 Å². The number of hydrogen-bond donors (Lipinski definition) is 0. The lowest BCUT2D eigenvalue weighted by molar-refractivity contribution is 0.470. The third kappa shape index (κ3) is 2.85.